The highest BCUT2D eigenvalue weighted by Crippen LogP contribution is 2.31. The van der Waals surface area contributed by atoms with Crippen LogP contribution in [0, 0.1) is 13.8 Å². The number of aromatic amines is 1. The summed E-state index contributed by atoms with van der Waals surface area (Å²) in [5, 5.41) is 14.1. The summed E-state index contributed by atoms with van der Waals surface area (Å²) >= 11 is 0. The smallest absolute Gasteiger partial charge is 0.272 e. The quantitative estimate of drug-likeness (QED) is 0.595. The zero-order valence-corrected chi connectivity index (χ0v) is 18.6. The number of amides is 1. The van der Waals surface area contributed by atoms with Crippen molar-refractivity contribution in [1.29, 1.82) is 0 Å². The molecule has 4 heterocycles. The predicted octanol–water partition coefficient (Wildman–Crippen LogP) is 1.85. The third kappa shape index (κ3) is 4.15. The van der Waals surface area contributed by atoms with E-state index in [4.69, 9.17) is 4.42 Å². The first kappa shape index (κ1) is 21.3. The van der Waals surface area contributed by atoms with E-state index in [0.717, 1.165) is 5.69 Å². The number of carbonyl (C=O) groups excluding carboxylic acids is 1. The van der Waals surface area contributed by atoms with Crippen LogP contribution in [0.3, 0.4) is 0 Å². The SMILES string of the molecule is Cc1nn(C)c(C)c1S(=O)(=O)N1CCC(c2cc(C(=O)NCc3ccco3)n[nH]2)CC1. The van der Waals surface area contributed by atoms with Gasteiger partial charge in [0.1, 0.15) is 16.3 Å². The molecule has 3 aromatic rings. The molecular formula is C20H26N6O4S. The molecule has 1 aliphatic rings. The molecule has 0 aliphatic carbocycles. The molecule has 0 spiro atoms. The van der Waals surface area contributed by atoms with E-state index in [1.54, 1.807) is 50.0 Å². The number of nitrogens with zero attached hydrogens (tertiary/aromatic N) is 4. The van der Waals surface area contributed by atoms with E-state index in [-0.39, 0.29) is 18.4 Å². The van der Waals surface area contributed by atoms with Gasteiger partial charge in [-0.3, -0.25) is 14.6 Å². The lowest BCUT2D eigenvalue weighted by Crippen LogP contribution is -2.38. The summed E-state index contributed by atoms with van der Waals surface area (Å²) in [7, 11) is -1.85. The van der Waals surface area contributed by atoms with Gasteiger partial charge >= 0.3 is 0 Å². The Balaban J connectivity index is 1.38. The van der Waals surface area contributed by atoms with E-state index in [2.05, 4.69) is 20.6 Å². The topological polar surface area (TPSA) is 126 Å². The average molecular weight is 447 g/mol. The molecule has 1 amide bonds. The minimum atomic E-state index is -3.59. The molecular weight excluding hydrogens is 420 g/mol. The molecule has 166 valence electrons. The van der Waals surface area contributed by atoms with Gasteiger partial charge in [0.15, 0.2) is 0 Å². The first-order chi connectivity index (χ1) is 14.8. The van der Waals surface area contributed by atoms with Crippen LogP contribution in [-0.2, 0) is 23.6 Å². The summed E-state index contributed by atoms with van der Waals surface area (Å²) in [4.78, 5) is 12.6. The summed E-state index contributed by atoms with van der Waals surface area (Å²) in [6.07, 6.45) is 2.85. The highest BCUT2D eigenvalue weighted by Gasteiger charge is 2.34. The third-order valence-corrected chi connectivity index (χ3v) is 7.92. The van der Waals surface area contributed by atoms with Crippen LogP contribution < -0.4 is 5.32 Å². The van der Waals surface area contributed by atoms with Gasteiger partial charge < -0.3 is 9.73 Å². The maximum atomic E-state index is 13.1. The molecule has 11 heteroatoms. The number of nitrogens with one attached hydrogen (secondary N) is 2. The van der Waals surface area contributed by atoms with Crippen molar-refractivity contribution in [2.45, 2.75) is 44.0 Å². The monoisotopic (exact) mass is 446 g/mol. The lowest BCUT2D eigenvalue weighted by atomic mass is 9.94. The molecule has 0 atom stereocenters. The largest absolute Gasteiger partial charge is 0.467 e. The van der Waals surface area contributed by atoms with Gasteiger partial charge in [-0.15, -0.1) is 0 Å². The minimum absolute atomic E-state index is 0.113. The lowest BCUT2D eigenvalue weighted by Gasteiger charge is -2.30. The molecule has 3 aromatic heterocycles. The van der Waals surface area contributed by atoms with E-state index >= 15 is 0 Å². The Bertz CT molecular complexity index is 1170. The van der Waals surface area contributed by atoms with Crippen molar-refractivity contribution < 1.29 is 17.6 Å². The first-order valence-electron chi connectivity index (χ1n) is 10.1. The van der Waals surface area contributed by atoms with Crippen LogP contribution in [0.2, 0.25) is 0 Å². The van der Waals surface area contributed by atoms with Crippen molar-refractivity contribution in [1.82, 2.24) is 29.6 Å². The fourth-order valence-corrected chi connectivity index (χ4v) is 5.87. The van der Waals surface area contributed by atoms with Crippen molar-refractivity contribution in [2.24, 2.45) is 7.05 Å². The highest BCUT2D eigenvalue weighted by molar-refractivity contribution is 7.89. The van der Waals surface area contributed by atoms with Crippen molar-refractivity contribution >= 4 is 15.9 Å². The highest BCUT2D eigenvalue weighted by atomic mass is 32.2. The minimum Gasteiger partial charge on any atom is -0.467 e. The summed E-state index contributed by atoms with van der Waals surface area (Å²) in [6.45, 7) is 4.58. The normalized spacial score (nSPS) is 16.0. The number of piperidine rings is 1. The summed E-state index contributed by atoms with van der Waals surface area (Å²) < 4.78 is 34.6. The van der Waals surface area contributed by atoms with Gasteiger partial charge in [0, 0.05) is 31.7 Å². The van der Waals surface area contributed by atoms with Gasteiger partial charge in [-0.05, 0) is 44.9 Å². The number of H-pyrrole nitrogens is 1. The number of aromatic nitrogens is 4. The molecule has 0 saturated carbocycles. The zero-order chi connectivity index (χ0) is 22.2. The maximum Gasteiger partial charge on any atom is 0.272 e. The Morgan fingerprint density at radius 2 is 2.06 bits per heavy atom. The fraction of sp³-hybridized carbons (Fsp3) is 0.450. The van der Waals surface area contributed by atoms with Crippen LogP contribution in [0.1, 0.15) is 52.1 Å². The zero-order valence-electron chi connectivity index (χ0n) is 17.8. The van der Waals surface area contributed by atoms with Crippen molar-refractivity contribution in [3.63, 3.8) is 0 Å². The van der Waals surface area contributed by atoms with Crippen LogP contribution in [0.5, 0.6) is 0 Å². The molecule has 4 rings (SSSR count). The third-order valence-electron chi connectivity index (χ3n) is 5.77. The average Bonchev–Trinajstić information content (AvgIpc) is 3.48. The van der Waals surface area contributed by atoms with Crippen molar-refractivity contribution in [3.8, 4) is 0 Å². The fourth-order valence-electron chi connectivity index (χ4n) is 4.00. The van der Waals surface area contributed by atoms with E-state index in [9.17, 15) is 13.2 Å². The van der Waals surface area contributed by atoms with E-state index < -0.39 is 10.0 Å². The molecule has 31 heavy (non-hydrogen) atoms. The van der Waals surface area contributed by atoms with Gasteiger partial charge in [-0.1, -0.05) is 0 Å². The molecule has 2 N–H and O–H groups in total. The molecule has 0 unspecified atom stereocenters. The second-order valence-corrected chi connectivity index (χ2v) is 9.65. The van der Waals surface area contributed by atoms with Gasteiger partial charge in [-0.2, -0.15) is 14.5 Å². The molecule has 0 radical (unpaired) electrons. The lowest BCUT2D eigenvalue weighted by molar-refractivity contribution is 0.0943. The molecule has 10 nitrogen and oxygen atoms in total. The standard InChI is InChI=1S/C20H26N6O4S/c1-13-19(14(2)25(3)24-13)31(28,29)26-8-6-15(7-9-26)17-11-18(23-22-17)20(27)21-12-16-5-4-10-30-16/h4-5,10-11,15H,6-9,12H2,1-3H3,(H,21,27)(H,22,23). The van der Waals surface area contributed by atoms with Crippen molar-refractivity contribution in [2.75, 3.05) is 13.1 Å². The number of rotatable bonds is 6. The number of hydrogen-bond acceptors (Lipinski definition) is 6. The van der Waals surface area contributed by atoms with Crippen LogP contribution in [0.15, 0.2) is 33.8 Å². The van der Waals surface area contributed by atoms with Gasteiger partial charge in [-0.25, -0.2) is 8.42 Å². The number of carbonyl (C=O) groups is 1. The molecule has 0 aromatic carbocycles. The Morgan fingerprint density at radius 1 is 1.32 bits per heavy atom. The second-order valence-electron chi connectivity index (χ2n) is 7.77. The Morgan fingerprint density at radius 3 is 2.68 bits per heavy atom. The van der Waals surface area contributed by atoms with Crippen LogP contribution in [0.4, 0.5) is 0 Å². The maximum absolute atomic E-state index is 13.1. The number of sulfonamides is 1. The van der Waals surface area contributed by atoms with Gasteiger partial charge in [0.2, 0.25) is 10.0 Å². The van der Waals surface area contributed by atoms with Crippen LogP contribution in [0.25, 0.3) is 0 Å². The Kier molecular flexibility index (Phi) is 5.71. The summed E-state index contributed by atoms with van der Waals surface area (Å²) in [5.74, 6) is 0.486. The Labute approximate surface area is 180 Å². The van der Waals surface area contributed by atoms with E-state index in [1.807, 2.05) is 0 Å². The van der Waals surface area contributed by atoms with E-state index in [1.165, 1.54) is 4.31 Å². The number of furan rings is 1. The summed E-state index contributed by atoms with van der Waals surface area (Å²) in [5.41, 5.74) is 2.30. The second kappa shape index (κ2) is 8.31. The van der Waals surface area contributed by atoms with Crippen LogP contribution in [-0.4, -0.2) is 51.7 Å². The number of aryl methyl sites for hydroxylation is 2. The molecule has 1 fully saturated rings. The predicted molar refractivity (Wildman–Crippen MR) is 112 cm³/mol. The number of hydrogen-bond donors (Lipinski definition) is 2. The van der Waals surface area contributed by atoms with Crippen LogP contribution >= 0.6 is 0 Å². The van der Waals surface area contributed by atoms with Gasteiger partial charge in [0.05, 0.1) is 24.2 Å². The molecule has 0 bridgehead atoms. The Hall–Kier alpha value is -2.92. The summed E-state index contributed by atoms with van der Waals surface area (Å²) in [6, 6.07) is 5.28. The van der Waals surface area contributed by atoms with Gasteiger partial charge in [0.25, 0.3) is 5.91 Å². The molecule has 1 aliphatic heterocycles. The molecule has 1 saturated heterocycles. The first-order valence-corrected chi connectivity index (χ1v) is 11.6. The van der Waals surface area contributed by atoms with E-state index in [0.29, 0.717) is 53.7 Å². The van der Waals surface area contributed by atoms with Crippen molar-refractivity contribution in [3.05, 3.63) is 53.0 Å².